The van der Waals surface area contributed by atoms with Gasteiger partial charge in [-0.2, -0.15) is 0 Å². The van der Waals surface area contributed by atoms with Crippen molar-refractivity contribution in [3.8, 4) is 17.2 Å². The predicted octanol–water partition coefficient (Wildman–Crippen LogP) is 5.64. The Kier molecular flexibility index (Phi) is 5.29. The lowest BCUT2D eigenvalue weighted by atomic mass is 10.0. The van der Waals surface area contributed by atoms with Crippen molar-refractivity contribution in [2.45, 2.75) is 19.8 Å². The van der Waals surface area contributed by atoms with Crippen LogP contribution in [0.2, 0.25) is 0 Å². The Hall–Kier alpha value is -3.60. The summed E-state index contributed by atoms with van der Waals surface area (Å²) >= 11 is 0. The minimum Gasteiger partial charge on any atom is -0.484 e. The number of carbonyl (C=O) groups is 1. The Morgan fingerprint density at radius 3 is 2.52 bits per heavy atom. The molecule has 29 heavy (non-hydrogen) atoms. The van der Waals surface area contributed by atoms with Gasteiger partial charge in [0.1, 0.15) is 11.3 Å². The van der Waals surface area contributed by atoms with Gasteiger partial charge < -0.3 is 14.5 Å². The number of para-hydroxylation sites is 1. The van der Waals surface area contributed by atoms with Crippen LogP contribution >= 0.6 is 0 Å². The van der Waals surface area contributed by atoms with E-state index in [0.29, 0.717) is 23.2 Å². The molecule has 1 N–H and O–H groups in total. The molecule has 0 fully saturated rings. The molecule has 5 heteroatoms. The zero-order valence-electron chi connectivity index (χ0n) is 16.4. The molecule has 146 valence electrons. The average Bonchev–Trinajstić information content (AvgIpc) is 3.17. The average molecular weight is 386 g/mol. The van der Waals surface area contributed by atoms with Crippen LogP contribution in [-0.2, 0) is 4.79 Å². The van der Waals surface area contributed by atoms with Crippen LogP contribution in [0.25, 0.3) is 22.6 Å². The van der Waals surface area contributed by atoms with Crippen LogP contribution in [-0.4, -0.2) is 17.5 Å². The molecule has 4 rings (SSSR count). The number of ether oxygens (including phenoxy) is 1. The summed E-state index contributed by atoms with van der Waals surface area (Å²) in [7, 11) is 0. The molecule has 0 saturated carbocycles. The highest BCUT2D eigenvalue weighted by atomic mass is 16.5. The fraction of sp³-hybridized carbons (Fsp3) is 0.167. The lowest BCUT2D eigenvalue weighted by Crippen LogP contribution is -2.20. The number of fused-ring (bicyclic) bond motifs is 1. The molecule has 5 nitrogen and oxygen atoms in total. The monoisotopic (exact) mass is 386 g/mol. The molecule has 0 bridgehead atoms. The molecule has 0 atom stereocenters. The van der Waals surface area contributed by atoms with E-state index < -0.39 is 0 Å². The summed E-state index contributed by atoms with van der Waals surface area (Å²) in [4.78, 5) is 16.7. The zero-order valence-corrected chi connectivity index (χ0v) is 16.4. The lowest BCUT2D eigenvalue weighted by molar-refractivity contribution is -0.118. The first-order valence-electron chi connectivity index (χ1n) is 9.57. The summed E-state index contributed by atoms with van der Waals surface area (Å²) in [6.45, 7) is 4.26. The number of anilines is 1. The highest BCUT2D eigenvalue weighted by Crippen LogP contribution is 2.27. The number of rotatable bonds is 6. The van der Waals surface area contributed by atoms with Gasteiger partial charge in [-0.3, -0.25) is 4.79 Å². The van der Waals surface area contributed by atoms with Gasteiger partial charge in [0.25, 0.3) is 5.91 Å². The Morgan fingerprint density at radius 2 is 1.79 bits per heavy atom. The van der Waals surface area contributed by atoms with Crippen molar-refractivity contribution in [1.29, 1.82) is 0 Å². The van der Waals surface area contributed by atoms with Crippen LogP contribution in [0.5, 0.6) is 5.75 Å². The topological polar surface area (TPSA) is 64.4 Å². The predicted molar refractivity (Wildman–Crippen MR) is 114 cm³/mol. The van der Waals surface area contributed by atoms with E-state index in [-0.39, 0.29) is 12.5 Å². The van der Waals surface area contributed by atoms with Gasteiger partial charge in [-0.05, 0) is 60.0 Å². The number of hydrogen-bond acceptors (Lipinski definition) is 4. The minimum atomic E-state index is -0.218. The molecule has 1 heterocycles. The molecule has 0 saturated heterocycles. The maximum Gasteiger partial charge on any atom is 0.262 e. The van der Waals surface area contributed by atoms with E-state index in [4.69, 9.17) is 9.15 Å². The van der Waals surface area contributed by atoms with Gasteiger partial charge in [-0.1, -0.05) is 38.1 Å². The first-order valence-corrected chi connectivity index (χ1v) is 9.57. The number of nitrogens with zero attached hydrogens (tertiary/aromatic N) is 1. The van der Waals surface area contributed by atoms with Crippen molar-refractivity contribution >= 4 is 22.7 Å². The molecule has 1 amide bonds. The van der Waals surface area contributed by atoms with Crippen molar-refractivity contribution in [2.75, 3.05) is 11.9 Å². The second-order valence-electron chi connectivity index (χ2n) is 7.13. The molecule has 0 unspecified atom stereocenters. The molecular formula is C24H22N2O3. The summed E-state index contributed by atoms with van der Waals surface area (Å²) in [6.07, 6.45) is 0. The van der Waals surface area contributed by atoms with E-state index in [1.807, 2.05) is 60.7 Å². The molecular weight excluding hydrogens is 364 g/mol. The number of oxazole rings is 1. The third-order valence-corrected chi connectivity index (χ3v) is 4.61. The van der Waals surface area contributed by atoms with E-state index >= 15 is 0 Å². The summed E-state index contributed by atoms with van der Waals surface area (Å²) in [5.41, 5.74) is 4.38. The van der Waals surface area contributed by atoms with Crippen LogP contribution in [0.1, 0.15) is 25.3 Å². The van der Waals surface area contributed by atoms with Gasteiger partial charge in [0.2, 0.25) is 5.89 Å². The van der Waals surface area contributed by atoms with Gasteiger partial charge in [0, 0.05) is 11.3 Å². The highest BCUT2D eigenvalue weighted by Gasteiger charge is 2.11. The maximum atomic E-state index is 12.1. The molecule has 0 radical (unpaired) electrons. The number of carbonyl (C=O) groups excluding carboxylic acids is 1. The Balaban J connectivity index is 1.42. The standard InChI is InChI=1S/C24H22N2O3/c1-16(2)18-10-13-22-21(14-18)26-24(29-22)17-8-11-19(12-9-17)25-23(27)15-28-20-6-4-3-5-7-20/h3-14,16H,15H2,1-2H3,(H,25,27). The molecule has 0 aliphatic rings. The third-order valence-electron chi connectivity index (χ3n) is 4.61. The Labute approximate surface area is 169 Å². The maximum absolute atomic E-state index is 12.1. The van der Waals surface area contributed by atoms with Crippen molar-refractivity contribution in [3.63, 3.8) is 0 Å². The molecule has 0 aliphatic heterocycles. The fourth-order valence-corrected chi connectivity index (χ4v) is 2.99. The summed E-state index contributed by atoms with van der Waals surface area (Å²) in [5, 5.41) is 2.82. The fourth-order valence-electron chi connectivity index (χ4n) is 2.99. The van der Waals surface area contributed by atoms with Gasteiger partial charge in [-0.25, -0.2) is 4.98 Å². The number of nitrogens with one attached hydrogen (secondary N) is 1. The van der Waals surface area contributed by atoms with Gasteiger partial charge >= 0.3 is 0 Å². The second-order valence-corrected chi connectivity index (χ2v) is 7.13. The van der Waals surface area contributed by atoms with Crippen molar-refractivity contribution in [2.24, 2.45) is 0 Å². The molecule has 0 spiro atoms. The SMILES string of the molecule is CC(C)c1ccc2oc(-c3ccc(NC(=O)COc4ccccc4)cc3)nc2c1. The lowest BCUT2D eigenvalue weighted by Gasteiger charge is -2.07. The van der Waals surface area contributed by atoms with Crippen LogP contribution in [0.15, 0.2) is 77.2 Å². The van der Waals surface area contributed by atoms with Crippen LogP contribution in [0.3, 0.4) is 0 Å². The Morgan fingerprint density at radius 1 is 1.03 bits per heavy atom. The number of amides is 1. The van der Waals surface area contributed by atoms with Crippen LogP contribution in [0, 0.1) is 0 Å². The molecule has 4 aromatic rings. The van der Waals surface area contributed by atoms with Crippen molar-refractivity contribution < 1.29 is 13.9 Å². The third kappa shape index (κ3) is 4.46. The highest BCUT2D eigenvalue weighted by molar-refractivity contribution is 5.92. The summed E-state index contributed by atoms with van der Waals surface area (Å²) in [5.74, 6) is 1.44. The first-order chi connectivity index (χ1) is 14.1. The van der Waals surface area contributed by atoms with E-state index in [1.54, 1.807) is 0 Å². The normalized spacial score (nSPS) is 11.0. The molecule has 3 aromatic carbocycles. The van der Waals surface area contributed by atoms with Crippen molar-refractivity contribution in [1.82, 2.24) is 4.98 Å². The van der Waals surface area contributed by atoms with E-state index in [1.165, 1.54) is 5.56 Å². The quantitative estimate of drug-likeness (QED) is 0.466. The smallest absolute Gasteiger partial charge is 0.262 e. The Bertz CT molecular complexity index is 1120. The van der Waals surface area contributed by atoms with Crippen LogP contribution < -0.4 is 10.1 Å². The second kappa shape index (κ2) is 8.19. The van der Waals surface area contributed by atoms with Gasteiger partial charge in [0.15, 0.2) is 12.2 Å². The van der Waals surface area contributed by atoms with Gasteiger partial charge in [0.05, 0.1) is 0 Å². The van der Waals surface area contributed by atoms with Crippen LogP contribution in [0.4, 0.5) is 5.69 Å². The summed E-state index contributed by atoms with van der Waals surface area (Å²) in [6, 6.07) is 22.7. The number of hydrogen-bond donors (Lipinski definition) is 1. The molecule has 0 aliphatic carbocycles. The minimum absolute atomic E-state index is 0.0465. The molecule has 1 aromatic heterocycles. The van der Waals surface area contributed by atoms with E-state index in [2.05, 4.69) is 36.3 Å². The summed E-state index contributed by atoms with van der Waals surface area (Å²) < 4.78 is 11.3. The number of benzene rings is 3. The van der Waals surface area contributed by atoms with Gasteiger partial charge in [-0.15, -0.1) is 0 Å². The van der Waals surface area contributed by atoms with E-state index in [9.17, 15) is 4.79 Å². The number of aromatic nitrogens is 1. The zero-order chi connectivity index (χ0) is 20.2. The van der Waals surface area contributed by atoms with E-state index in [0.717, 1.165) is 16.7 Å². The first kappa shape index (κ1) is 18.7. The van der Waals surface area contributed by atoms with Crippen molar-refractivity contribution in [3.05, 3.63) is 78.4 Å². The largest absolute Gasteiger partial charge is 0.484 e.